The second kappa shape index (κ2) is 6.34. The minimum absolute atomic E-state index is 0.0162. The predicted octanol–water partition coefficient (Wildman–Crippen LogP) is 2.51. The Morgan fingerprint density at radius 3 is 2.24 bits per heavy atom. The third-order valence-corrected chi connectivity index (χ3v) is 3.55. The zero-order valence-electron chi connectivity index (χ0n) is 12.3. The molecule has 1 aromatic carbocycles. The number of aliphatic carboxylic acids is 1. The van der Waals surface area contributed by atoms with Gasteiger partial charge in [0.2, 0.25) is 5.91 Å². The lowest BCUT2D eigenvalue weighted by atomic mass is 9.95. The number of nitro benzene ring substituents is 1. The lowest BCUT2D eigenvalue weighted by molar-refractivity contribution is -0.385. The highest BCUT2D eigenvalue weighted by molar-refractivity contribution is 5.95. The molecule has 1 aromatic rings. The molecule has 1 amide bonds. The van der Waals surface area contributed by atoms with Crippen molar-refractivity contribution in [1.29, 1.82) is 0 Å². The number of benzene rings is 1. The Kier molecular flexibility index (Phi) is 5.02. The van der Waals surface area contributed by atoms with E-state index < -0.39 is 28.6 Å². The van der Waals surface area contributed by atoms with Crippen LogP contribution in [0.1, 0.15) is 25.0 Å². The van der Waals surface area contributed by atoms with Crippen LogP contribution in [0.25, 0.3) is 0 Å². The van der Waals surface area contributed by atoms with Crippen LogP contribution in [0.4, 0.5) is 11.4 Å². The average molecular weight is 294 g/mol. The van der Waals surface area contributed by atoms with Crippen molar-refractivity contribution < 1.29 is 19.6 Å². The number of carbonyl (C=O) groups excluding carboxylic acids is 1. The van der Waals surface area contributed by atoms with Crippen LogP contribution in [-0.2, 0) is 9.59 Å². The summed E-state index contributed by atoms with van der Waals surface area (Å²) in [5.74, 6) is -3.00. The van der Waals surface area contributed by atoms with Crippen LogP contribution < -0.4 is 5.32 Å². The molecule has 0 aromatic heterocycles. The van der Waals surface area contributed by atoms with Gasteiger partial charge in [-0.2, -0.15) is 0 Å². The zero-order valence-corrected chi connectivity index (χ0v) is 12.3. The van der Waals surface area contributed by atoms with Crippen LogP contribution in [-0.4, -0.2) is 21.9 Å². The molecule has 1 rings (SSSR count). The Labute approximate surface area is 122 Å². The smallest absolute Gasteiger partial charge is 0.307 e. The highest BCUT2D eigenvalue weighted by Gasteiger charge is 2.26. The third kappa shape index (κ3) is 3.77. The van der Waals surface area contributed by atoms with Crippen LogP contribution >= 0.6 is 0 Å². The normalized spacial score (nSPS) is 13.3. The third-order valence-electron chi connectivity index (χ3n) is 3.55. The number of nitrogens with zero attached hydrogens (tertiary/aromatic N) is 1. The summed E-state index contributed by atoms with van der Waals surface area (Å²) < 4.78 is 0. The molecule has 7 nitrogen and oxygen atoms in total. The SMILES string of the molecule is Cc1cc([N+](=O)[O-])c(C)cc1NC(=O)C(C)C(C)C(=O)O. The van der Waals surface area contributed by atoms with E-state index in [1.807, 2.05) is 0 Å². The summed E-state index contributed by atoms with van der Waals surface area (Å²) in [4.78, 5) is 33.3. The fourth-order valence-electron chi connectivity index (χ4n) is 1.82. The van der Waals surface area contributed by atoms with Crippen molar-refractivity contribution >= 4 is 23.3 Å². The fourth-order valence-corrected chi connectivity index (χ4v) is 1.82. The van der Waals surface area contributed by atoms with Crippen LogP contribution in [0.15, 0.2) is 12.1 Å². The van der Waals surface area contributed by atoms with Crippen molar-refractivity contribution in [3.05, 3.63) is 33.4 Å². The van der Waals surface area contributed by atoms with E-state index in [-0.39, 0.29) is 5.69 Å². The molecule has 2 N–H and O–H groups in total. The van der Waals surface area contributed by atoms with Gasteiger partial charge in [-0.3, -0.25) is 19.7 Å². The van der Waals surface area contributed by atoms with Crippen LogP contribution in [0.5, 0.6) is 0 Å². The van der Waals surface area contributed by atoms with Gasteiger partial charge in [-0.05, 0) is 25.5 Å². The molecular weight excluding hydrogens is 276 g/mol. The quantitative estimate of drug-likeness (QED) is 0.640. The number of carboxylic acid groups (broad SMARTS) is 1. The van der Waals surface area contributed by atoms with E-state index in [2.05, 4.69) is 5.32 Å². The number of hydrogen-bond acceptors (Lipinski definition) is 4. The van der Waals surface area contributed by atoms with Crippen LogP contribution in [0.2, 0.25) is 0 Å². The van der Waals surface area contributed by atoms with Gasteiger partial charge < -0.3 is 10.4 Å². The maximum absolute atomic E-state index is 12.0. The summed E-state index contributed by atoms with van der Waals surface area (Å²) in [5, 5.41) is 22.4. The number of carbonyl (C=O) groups is 2. The Bertz CT molecular complexity index is 597. The summed E-state index contributed by atoms with van der Waals surface area (Å²) in [5.41, 5.74) is 1.42. The minimum atomic E-state index is -1.05. The molecule has 0 aliphatic rings. The van der Waals surface area contributed by atoms with Gasteiger partial charge in [0.25, 0.3) is 5.69 Å². The molecule has 0 saturated heterocycles. The second-order valence-electron chi connectivity index (χ2n) is 5.12. The maximum Gasteiger partial charge on any atom is 0.307 e. The molecule has 114 valence electrons. The van der Waals surface area contributed by atoms with Gasteiger partial charge in [-0.15, -0.1) is 0 Å². The molecule has 0 fully saturated rings. The van der Waals surface area contributed by atoms with Gasteiger partial charge in [-0.25, -0.2) is 0 Å². The molecule has 0 aliphatic carbocycles. The number of amides is 1. The van der Waals surface area contributed by atoms with Crippen molar-refractivity contribution in [3.63, 3.8) is 0 Å². The summed E-state index contributed by atoms with van der Waals surface area (Å²) in [6, 6.07) is 2.90. The molecule has 0 radical (unpaired) electrons. The van der Waals surface area contributed by atoms with Crippen LogP contribution in [0.3, 0.4) is 0 Å². The Morgan fingerprint density at radius 1 is 1.19 bits per heavy atom. The first kappa shape index (κ1) is 16.6. The molecule has 0 spiro atoms. The molecule has 0 heterocycles. The standard InChI is InChI=1S/C14H18N2O5/c1-7-6-12(16(20)21)8(2)5-11(7)15-13(17)9(3)10(4)14(18)19/h5-6,9-10H,1-4H3,(H,15,17)(H,18,19). The first-order valence-electron chi connectivity index (χ1n) is 6.44. The van der Waals surface area contributed by atoms with Gasteiger partial charge in [0.15, 0.2) is 0 Å². The fraction of sp³-hybridized carbons (Fsp3) is 0.429. The van der Waals surface area contributed by atoms with Crippen LogP contribution in [0, 0.1) is 35.8 Å². The largest absolute Gasteiger partial charge is 0.481 e. The number of nitro groups is 1. The molecule has 2 unspecified atom stereocenters. The van der Waals surface area contributed by atoms with Gasteiger partial charge >= 0.3 is 5.97 Å². The highest BCUT2D eigenvalue weighted by Crippen LogP contribution is 2.26. The zero-order chi connectivity index (χ0) is 16.3. The van der Waals surface area contributed by atoms with E-state index in [1.165, 1.54) is 26.0 Å². The summed E-state index contributed by atoms with van der Waals surface area (Å²) in [6.07, 6.45) is 0. The van der Waals surface area contributed by atoms with Crippen molar-refractivity contribution in [3.8, 4) is 0 Å². The predicted molar refractivity (Wildman–Crippen MR) is 77.2 cm³/mol. The number of hydrogen-bond donors (Lipinski definition) is 2. The van der Waals surface area contributed by atoms with E-state index in [9.17, 15) is 19.7 Å². The van der Waals surface area contributed by atoms with Crippen molar-refractivity contribution in [2.75, 3.05) is 5.32 Å². The van der Waals surface area contributed by atoms with E-state index in [0.717, 1.165) is 0 Å². The second-order valence-corrected chi connectivity index (χ2v) is 5.12. The Morgan fingerprint density at radius 2 is 1.76 bits per heavy atom. The van der Waals surface area contributed by atoms with E-state index >= 15 is 0 Å². The Hall–Kier alpha value is -2.44. The van der Waals surface area contributed by atoms with E-state index in [4.69, 9.17) is 5.11 Å². The van der Waals surface area contributed by atoms with Crippen molar-refractivity contribution in [2.45, 2.75) is 27.7 Å². The topological polar surface area (TPSA) is 110 Å². The van der Waals surface area contributed by atoms with Gasteiger partial charge in [0.05, 0.1) is 10.8 Å². The number of anilines is 1. The summed E-state index contributed by atoms with van der Waals surface area (Å²) >= 11 is 0. The number of nitrogens with one attached hydrogen (secondary N) is 1. The van der Waals surface area contributed by atoms with Crippen molar-refractivity contribution in [1.82, 2.24) is 0 Å². The summed E-state index contributed by atoms with van der Waals surface area (Å²) in [6.45, 7) is 6.21. The first-order chi connectivity index (χ1) is 9.65. The molecule has 21 heavy (non-hydrogen) atoms. The average Bonchev–Trinajstić information content (AvgIpc) is 2.40. The molecule has 0 saturated carbocycles. The number of rotatable bonds is 5. The molecule has 7 heteroatoms. The van der Waals surface area contributed by atoms with Crippen molar-refractivity contribution in [2.24, 2.45) is 11.8 Å². The molecule has 2 atom stereocenters. The molecule has 0 bridgehead atoms. The monoisotopic (exact) mass is 294 g/mol. The minimum Gasteiger partial charge on any atom is -0.481 e. The lowest BCUT2D eigenvalue weighted by Gasteiger charge is -2.17. The molecular formula is C14H18N2O5. The van der Waals surface area contributed by atoms with E-state index in [1.54, 1.807) is 13.8 Å². The van der Waals surface area contributed by atoms with Gasteiger partial charge in [0, 0.05) is 23.2 Å². The lowest BCUT2D eigenvalue weighted by Crippen LogP contribution is -2.30. The maximum atomic E-state index is 12.0. The van der Waals surface area contributed by atoms with Gasteiger partial charge in [0.1, 0.15) is 0 Å². The summed E-state index contributed by atoms with van der Waals surface area (Å²) in [7, 11) is 0. The first-order valence-corrected chi connectivity index (χ1v) is 6.44. The number of aryl methyl sites for hydroxylation is 2. The number of carboxylic acids is 1. The highest BCUT2D eigenvalue weighted by atomic mass is 16.6. The van der Waals surface area contributed by atoms with E-state index in [0.29, 0.717) is 16.8 Å². The van der Waals surface area contributed by atoms with Gasteiger partial charge in [-0.1, -0.05) is 13.8 Å². The molecule has 0 aliphatic heterocycles. The Balaban J connectivity index is 2.99.